The number of hydrogen-bond donors (Lipinski definition) is 0. The molecule has 0 N–H and O–H groups in total. The first-order valence-corrected chi connectivity index (χ1v) is 4.99. The molecule has 2 nitrogen and oxygen atoms in total. The van der Waals surface area contributed by atoms with E-state index in [9.17, 15) is 4.79 Å². The van der Waals surface area contributed by atoms with Crippen molar-refractivity contribution in [3.05, 3.63) is 0 Å². The van der Waals surface area contributed by atoms with Crippen molar-refractivity contribution >= 4 is 17.6 Å². The summed E-state index contributed by atoms with van der Waals surface area (Å²) in [4.78, 5) is 10.9. The van der Waals surface area contributed by atoms with Crippen molar-refractivity contribution in [2.24, 2.45) is 0 Å². The van der Waals surface area contributed by atoms with Crippen LogP contribution in [0.3, 0.4) is 0 Å². The highest BCUT2D eigenvalue weighted by atomic mass is 35.5. The first kappa shape index (κ1) is 9.85. The Bertz CT molecular complexity index is 159. The zero-order chi connectivity index (χ0) is 8.97. The van der Waals surface area contributed by atoms with Gasteiger partial charge in [-0.25, -0.2) is 0 Å². The van der Waals surface area contributed by atoms with Crippen molar-refractivity contribution in [3.63, 3.8) is 0 Å². The van der Waals surface area contributed by atoms with Crippen LogP contribution in [0.2, 0.25) is 0 Å². The molecule has 1 rings (SSSR count). The van der Waals surface area contributed by atoms with Crippen LogP contribution in [0.5, 0.6) is 0 Å². The van der Waals surface area contributed by atoms with E-state index in [0.29, 0.717) is 6.42 Å². The van der Waals surface area contributed by atoms with Gasteiger partial charge in [0.15, 0.2) is 0 Å². The summed E-state index contributed by atoms with van der Waals surface area (Å²) in [5.74, 6) is -0.106. The SMILES string of the molecule is CCC(=O)OC1CCCC(Cl)C1. The number of carbonyl (C=O) groups excluding carboxylic acids is 1. The van der Waals surface area contributed by atoms with Gasteiger partial charge in [0.1, 0.15) is 6.10 Å². The van der Waals surface area contributed by atoms with Gasteiger partial charge in [0.05, 0.1) is 0 Å². The van der Waals surface area contributed by atoms with Crippen LogP contribution < -0.4 is 0 Å². The predicted octanol–water partition coefficient (Wildman–Crippen LogP) is 2.49. The standard InChI is InChI=1S/C9H15ClO2/c1-2-9(11)12-8-5-3-4-7(10)6-8/h7-8H,2-6H2,1H3. The van der Waals surface area contributed by atoms with Crippen LogP contribution in [0.1, 0.15) is 39.0 Å². The first-order valence-electron chi connectivity index (χ1n) is 4.56. The van der Waals surface area contributed by atoms with Gasteiger partial charge in [-0.2, -0.15) is 0 Å². The number of esters is 1. The fourth-order valence-electron chi connectivity index (χ4n) is 1.46. The van der Waals surface area contributed by atoms with Gasteiger partial charge < -0.3 is 4.74 Å². The Morgan fingerprint density at radius 1 is 1.58 bits per heavy atom. The van der Waals surface area contributed by atoms with E-state index < -0.39 is 0 Å². The van der Waals surface area contributed by atoms with Gasteiger partial charge in [-0.15, -0.1) is 11.6 Å². The van der Waals surface area contributed by atoms with E-state index in [4.69, 9.17) is 16.3 Å². The van der Waals surface area contributed by atoms with Crippen molar-refractivity contribution < 1.29 is 9.53 Å². The van der Waals surface area contributed by atoms with Crippen molar-refractivity contribution in [2.45, 2.75) is 50.5 Å². The number of halogens is 1. The quantitative estimate of drug-likeness (QED) is 0.494. The fraction of sp³-hybridized carbons (Fsp3) is 0.889. The molecule has 0 aromatic heterocycles. The van der Waals surface area contributed by atoms with Crippen LogP contribution >= 0.6 is 11.6 Å². The second-order valence-corrected chi connectivity index (χ2v) is 3.85. The Labute approximate surface area is 78.2 Å². The lowest BCUT2D eigenvalue weighted by Crippen LogP contribution is -2.25. The lowest BCUT2D eigenvalue weighted by atomic mass is 9.97. The van der Waals surface area contributed by atoms with Gasteiger partial charge in [0.2, 0.25) is 0 Å². The molecule has 0 spiro atoms. The molecule has 0 saturated heterocycles. The number of rotatable bonds is 2. The van der Waals surface area contributed by atoms with Crippen LogP contribution in [0.25, 0.3) is 0 Å². The number of alkyl halides is 1. The number of hydrogen-bond acceptors (Lipinski definition) is 2. The van der Waals surface area contributed by atoms with Gasteiger partial charge in [0, 0.05) is 18.2 Å². The lowest BCUT2D eigenvalue weighted by molar-refractivity contribution is -0.149. The van der Waals surface area contributed by atoms with Gasteiger partial charge in [0.25, 0.3) is 0 Å². The van der Waals surface area contributed by atoms with E-state index >= 15 is 0 Å². The topological polar surface area (TPSA) is 26.3 Å². The molecule has 1 fully saturated rings. The molecular weight excluding hydrogens is 176 g/mol. The highest BCUT2D eigenvalue weighted by molar-refractivity contribution is 6.20. The van der Waals surface area contributed by atoms with E-state index in [-0.39, 0.29) is 17.5 Å². The third-order valence-corrected chi connectivity index (χ3v) is 2.55. The van der Waals surface area contributed by atoms with Crippen molar-refractivity contribution in [1.82, 2.24) is 0 Å². The van der Waals surface area contributed by atoms with E-state index in [0.717, 1.165) is 25.7 Å². The molecule has 0 aromatic carbocycles. The molecule has 0 aliphatic heterocycles. The molecule has 0 aromatic rings. The predicted molar refractivity (Wildman–Crippen MR) is 48.3 cm³/mol. The maximum Gasteiger partial charge on any atom is 0.305 e. The smallest absolute Gasteiger partial charge is 0.305 e. The van der Waals surface area contributed by atoms with Crippen molar-refractivity contribution in [2.75, 3.05) is 0 Å². The average molecular weight is 191 g/mol. The zero-order valence-corrected chi connectivity index (χ0v) is 8.14. The maximum absolute atomic E-state index is 10.9. The highest BCUT2D eigenvalue weighted by Crippen LogP contribution is 2.25. The Hall–Kier alpha value is -0.240. The van der Waals surface area contributed by atoms with Gasteiger partial charge in [-0.05, 0) is 19.3 Å². The fourth-order valence-corrected chi connectivity index (χ4v) is 1.82. The van der Waals surface area contributed by atoms with E-state index in [2.05, 4.69) is 0 Å². The molecule has 2 atom stereocenters. The summed E-state index contributed by atoms with van der Waals surface area (Å²) in [7, 11) is 0. The third-order valence-electron chi connectivity index (χ3n) is 2.15. The molecule has 1 aliphatic carbocycles. The Balaban J connectivity index is 2.27. The molecule has 3 heteroatoms. The molecule has 0 amide bonds. The molecule has 1 saturated carbocycles. The van der Waals surface area contributed by atoms with Gasteiger partial charge in [-0.1, -0.05) is 6.92 Å². The largest absolute Gasteiger partial charge is 0.462 e. The lowest BCUT2D eigenvalue weighted by Gasteiger charge is -2.24. The zero-order valence-electron chi connectivity index (χ0n) is 7.38. The Morgan fingerprint density at radius 2 is 2.33 bits per heavy atom. The second-order valence-electron chi connectivity index (χ2n) is 3.23. The van der Waals surface area contributed by atoms with E-state index in [1.54, 1.807) is 0 Å². The summed E-state index contributed by atoms with van der Waals surface area (Å²) in [6.07, 6.45) is 4.48. The van der Waals surface area contributed by atoms with Gasteiger partial charge in [-0.3, -0.25) is 4.79 Å². The van der Waals surface area contributed by atoms with Crippen LogP contribution in [0, 0.1) is 0 Å². The van der Waals surface area contributed by atoms with Crippen molar-refractivity contribution in [3.8, 4) is 0 Å². The Kier molecular flexibility index (Phi) is 3.86. The third kappa shape index (κ3) is 3.02. The molecule has 1 aliphatic rings. The summed E-state index contributed by atoms with van der Waals surface area (Å²) >= 11 is 5.95. The minimum Gasteiger partial charge on any atom is -0.462 e. The molecule has 0 heterocycles. The van der Waals surface area contributed by atoms with Crippen LogP contribution in [0.15, 0.2) is 0 Å². The maximum atomic E-state index is 10.9. The normalized spacial score (nSPS) is 29.8. The van der Waals surface area contributed by atoms with Crippen LogP contribution in [0.4, 0.5) is 0 Å². The van der Waals surface area contributed by atoms with Gasteiger partial charge >= 0.3 is 5.97 Å². The summed E-state index contributed by atoms with van der Waals surface area (Å²) in [5.41, 5.74) is 0. The second kappa shape index (κ2) is 4.70. The minimum atomic E-state index is -0.106. The summed E-state index contributed by atoms with van der Waals surface area (Å²) < 4.78 is 5.19. The average Bonchev–Trinajstić information content (AvgIpc) is 2.04. The van der Waals surface area contributed by atoms with Crippen LogP contribution in [-0.4, -0.2) is 17.5 Å². The first-order chi connectivity index (χ1) is 5.72. The number of carbonyl (C=O) groups is 1. The molecular formula is C9H15ClO2. The molecule has 0 bridgehead atoms. The summed E-state index contributed by atoms with van der Waals surface area (Å²) in [5, 5.41) is 0.202. The molecule has 70 valence electrons. The monoisotopic (exact) mass is 190 g/mol. The van der Waals surface area contributed by atoms with E-state index in [1.807, 2.05) is 6.92 Å². The highest BCUT2D eigenvalue weighted by Gasteiger charge is 2.22. The van der Waals surface area contributed by atoms with Crippen LogP contribution in [-0.2, 0) is 9.53 Å². The Morgan fingerprint density at radius 3 is 2.92 bits per heavy atom. The molecule has 12 heavy (non-hydrogen) atoms. The summed E-state index contributed by atoms with van der Waals surface area (Å²) in [6, 6.07) is 0. The van der Waals surface area contributed by atoms with E-state index in [1.165, 1.54) is 0 Å². The molecule has 2 unspecified atom stereocenters. The van der Waals surface area contributed by atoms with Crippen molar-refractivity contribution in [1.29, 1.82) is 0 Å². The summed E-state index contributed by atoms with van der Waals surface area (Å²) in [6.45, 7) is 1.81. The number of ether oxygens (including phenoxy) is 1. The minimum absolute atomic E-state index is 0.0775. The molecule has 0 radical (unpaired) electrons.